The molecule has 3 nitrogen and oxygen atoms in total. The summed E-state index contributed by atoms with van der Waals surface area (Å²) in [6, 6.07) is 5.54. The molecular formula is C10H12FNO2S. The average molecular weight is 229 g/mol. The molecular weight excluding hydrogens is 217 g/mol. The summed E-state index contributed by atoms with van der Waals surface area (Å²) in [5.41, 5.74) is 6.34. The Morgan fingerprint density at radius 2 is 2.07 bits per heavy atom. The van der Waals surface area contributed by atoms with Crippen molar-refractivity contribution in [1.82, 2.24) is 0 Å². The summed E-state index contributed by atoms with van der Waals surface area (Å²) in [7, 11) is -3.14. The summed E-state index contributed by atoms with van der Waals surface area (Å²) in [6.45, 7) is 0. The Morgan fingerprint density at radius 1 is 1.40 bits per heavy atom. The number of nitrogens with two attached hydrogens (primary N) is 1. The van der Waals surface area contributed by atoms with Crippen molar-refractivity contribution in [3.63, 3.8) is 0 Å². The second kappa shape index (κ2) is 3.28. The first kappa shape index (κ1) is 10.6. The summed E-state index contributed by atoms with van der Waals surface area (Å²) in [4.78, 5) is 0. The lowest BCUT2D eigenvalue weighted by molar-refractivity contribution is 0.599. The number of hydrogen-bond acceptors (Lipinski definition) is 3. The fraction of sp³-hybridized carbons (Fsp3) is 0.400. The van der Waals surface area contributed by atoms with Crippen LogP contribution in [0, 0.1) is 5.82 Å². The second-order valence-electron chi connectivity index (χ2n) is 3.95. The molecule has 15 heavy (non-hydrogen) atoms. The number of sulfone groups is 1. The molecule has 0 aromatic heterocycles. The third-order valence-corrected chi connectivity index (χ3v) is 4.33. The van der Waals surface area contributed by atoms with Crippen molar-refractivity contribution < 1.29 is 12.8 Å². The second-order valence-corrected chi connectivity index (χ2v) is 6.16. The van der Waals surface area contributed by atoms with Gasteiger partial charge in [0.1, 0.15) is 5.82 Å². The van der Waals surface area contributed by atoms with Crippen LogP contribution in [0.25, 0.3) is 0 Å². The van der Waals surface area contributed by atoms with Gasteiger partial charge in [-0.3, -0.25) is 0 Å². The molecule has 1 aliphatic rings. The molecule has 2 N–H and O–H groups in total. The zero-order chi connectivity index (χ0) is 11.2. The molecule has 0 aliphatic heterocycles. The van der Waals surface area contributed by atoms with Crippen molar-refractivity contribution in [3.8, 4) is 0 Å². The number of benzene rings is 1. The Hall–Kier alpha value is -0.940. The van der Waals surface area contributed by atoms with Crippen LogP contribution in [-0.4, -0.2) is 26.0 Å². The van der Waals surface area contributed by atoms with Gasteiger partial charge in [-0.15, -0.1) is 0 Å². The van der Waals surface area contributed by atoms with Gasteiger partial charge < -0.3 is 5.73 Å². The molecule has 1 saturated carbocycles. The Labute approximate surface area is 88.0 Å². The first-order valence-corrected chi connectivity index (χ1v) is 6.56. The summed E-state index contributed by atoms with van der Waals surface area (Å²) < 4.78 is 35.5. The van der Waals surface area contributed by atoms with E-state index in [0.717, 1.165) is 6.26 Å². The molecule has 0 bridgehead atoms. The Bertz CT molecular complexity index is 486. The molecule has 0 heterocycles. The topological polar surface area (TPSA) is 60.2 Å². The van der Waals surface area contributed by atoms with Crippen LogP contribution in [0.5, 0.6) is 0 Å². The molecule has 0 amide bonds. The zero-order valence-electron chi connectivity index (χ0n) is 8.22. The molecule has 2 rings (SSSR count). The molecule has 1 fully saturated rings. The van der Waals surface area contributed by atoms with E-state index in [1.165, 1.54) is 12.1 Å². The lowest BCUT2D eigenvalue weighted by Crippen LogP contribution is -2.13. The summed E-state index contributed by atoms with van der Waals surface area (Å²) >= 11 is 0. The third-order valence-electron chi connectivity index (χ3n) is 2.74. The highest BCUT2D eigenvalue weighted by molar-refractivity contribution is 7.91. The Morgan fingerprint density at radius 3 is 2.53 bits per heavy atom. The molecule has 82 valence electrons. The standard InChI is InChI=1S/C10H12FNO2S/c1-15(13,14)10-8(9(10)12)6-3-2-4-7(11)5-6/h2-5,8-10H,12H2,1H3/t8-,9+,10+/m0/s1. The molecule has 3 atom stereocenters. The van der Waals surface area contributed by atoms with Gasteiger partial charge in [-0.1, -0.05) is 12.1 Å². The van der Waals surface area contributed by atoms with Crippen LogP contribution in [-0.2, 0) is 9.84 Å². The van der Waals surface area contributed by atoms with Crippen molar-refractivity contribution in [3.05, 3.63) is 35.6 Å². The minimum Gasteiger partial charge on any atom is -0.326 e. The van der Waals surface area contributed by atoms with Gasteiger partial charge in [0.2, 0.25) is 0 Å². The van der Waals surface area contributed by atoms with Crippen LogP contribution in [0.3, 0.4) is 0 Å². The van der Waals surface area contributed by atoms with E-state index in [0.29, 0.717) is 5.56 Å². The highest BCUT2D eigenvalue weighted by atomic mass is 32.2. The summed E-state index contributed by atoms with van der Waals surface area (Å²) in [5, 5.41) is -0.556. The van der Waals surface area contributed by atoms with Crippen LogP contribution >= 0.6 is 0 Å². The van der Waals surface area contributed by atoms with Gasteiger partial charge >= 0.3 is 0 Å². The average Bonchev–Trinajstić information content (AvgIpc) is 2.76. The van der Waals surface area contributed by atoms with Gasteiger partial charge in [-0.25, -0.2) is 12.8 Å². The minimum absolute atomic E-state index is 0.254. The van der Waals surface area contributed by atoms with E-state index in [9.17, 15) is 12.8 Å². The highest BCUT2D eigenvalue weighted by Gasteiger charge is 2.54. The molecule has 0 spiro atoms. The fourth-order valence-corrected chi connectivity index (χ4v) is 3.50. The molecule has 0 unspecified atom stereocenters. The van der Waals surface area contributed by atoms with E-state index in [1.807, 2.05) is 0 Å². The fourth-order valence-electron chi connectivity index (χ4n) is 1.98. The van der Waals surface area contributed by atoms with Crippen molar-refractivity contribution in [1.29, 1.82) is 0 Å². The maximum absolute atomic E-state index is 12.9. The van der Waals surface area contributed by atoms with Crippen LogP contribution in [0.1, 0.15) is 11.5 Å². The van der Waals surface area contributed by atoms with E-state index in [-0.39, 0.29) is 11.7 Å². The first-order chi connectivity index (χ1) is 6.91. The van der Waals surface area contributed by atoms with Crippen LogP contribution in [0.4, 0.5) is 4.39 Å². The Kier molecular flexibility index (Phi) is 2.31. The molecule has 5 heteroatoms. The number of hydrogen-bond donors (Lipinski definition) is 1. The lowest BCUT2D eigenvalue weighted by atomic mass is 10.1. The molecule has 1 aliphatic carbocycles. The number of halogens is 1. The predicted octanol–water partition coefficient (Wildman–Crippen LogP) is 0.663. The van der Waals surface area contributed by atoms with Crippen molar-refractivity contribution in [2.24, 2.45) is 5.73 Å². The Balaban J connectivity index is 2.29. The van der Waals surface area contributed by atoms with Gasteiger partial charge in [0.05, 0.1) is 5.25 Å². The van der Waals surface area contributed by atoms with Gasteiger partial charge in [0.25, 0.3) is 0 Å². The van der Waals surface area contributed by atoms with Gasteiger partial charge in [-0.2, -0.15) is 0 Å². The minimum atomic E-state index is -3.14. The largest absolute Gasteiger partial charge is 0.326 e. The van der Waals surface area contributed by atoms with Crippen molar-refractivity contribution in [2.45, 2.75) is 17.2 Å². The van der Waals surface area contributed by atoms with Crippen LogP contribution < -0.4 is 5.73 Å². The molecule has 0 saturated heterocycles. The molecule has 1 aromatic carbocycles. The van der Waals surface area contributed by atoms with Gasteiger partial charge in [0, 0.05) is 18.2 Å². The zero-order valence-corrected chi connectivity index (χ0v) is 9.04. The van der Waals surface area contributed by atoms with E-state index >= 15 is 0 Å². The lowest BCUT2D eigenvalue weighted by Gasteiger charge is -1.98. The maximum Gasteiger partial charge on any atom is 0.152 e. The first-order valence-electron chi connectivity index (χ1n) is 4.61. The van der Waals surface area contributed by atoms with E-state index in [2.05, 4.69) is 0 Å². The van der Waals surface area contributed by atoms with E-state index in [4.69, 9.17) is 5.73 Å². The van der Waals surface area contributed by atoms with Crippen LogP contribution in [0.15, 0.2) is 24.3 Å². The monoisotopic (exact) mass is 229 g/mol. The number of rotatable bonds is 2. The highest BCUT2D eigenvalue weighted by Crippen LogP contribution is 2.44. The van der Waals surface area contributed by atoms with Crippen LogP contribution in [0.2, 0.25) is 0 Å². The normalized spacial score (nSPS) is 30.2. The summed E-state index contributed by atoms with van der Waals surface area (Å²) in [5.74, 6) is -0.616. The maximum atomic E-state index is 12.9. The summed E-state index contributed by atoms with van der Waals surface area (Å²) in [6.07, 6.45) is 1.16. The third kappa shape index (κ3) is 1.89. The quantitative estimate of drug-likeness (QED) is 0.810. The van der Waals surface area contributed by atoms with E-state index < -0.39 is 21.1 Å². The smallest absolute Gasteiger partial charge is 0.152 e. The molecule has 1 aromatic rings. The van der Waals surface area contributed by atoms with Gasteiger partial charge in [-0.05, 0) is 17.7 Å². The van der Waals surface area contributed by atoms with Gasteiger partial charge in [0.15, 0.2) is 9.84 Å². The van der Waals surface area contributed by atoms with Crippen molar-refractivity contribution >= 4 is 9.84 Å². The van der Waals surface area contributed by atoms with E-state index in [1.54, 1.807) is 12.1 Å². The predicted molar refractivity (Wildman–Crippen MR) is 55.7 cm³/mol. The SMILES string of the molecule is CS(=O)(=O)[C@H]1[C@H](N)[C@@H]1c1cccc(F)c1. The van der Waals surface area contributed by atoms with Crippen molar-refractivity contribution in [2.75, 3.05) is 6.26 Å². The molecule has 0 radical (unpaired) electrons.